The maximum atomic E-state index is 11.0. The predicted octanol–water partition coefficient (Wildman–Crippen LogP) is 2.04. The summed E-state index contributed by atoms with van der Waals surface area (Å²) in [6.45, 7) is 0.557. The number of aryl methyl sites for hydroxylation is 1. The number of unbranched alkanes of at least 4 members (excludes halogenated alkanes) is 1. The van der Waals surface area contributed by atoms with Gasteiger partial charge in [-0.25, -0.2) is 4.79 Å². The third-order valence-electron chi connectivity index (χ3n) is 2.52. The molecule has 0 spiro atoms. The van der Waals surface area contributed by atoms with Crippen molar-refractivity contribution in [3.05, 3.63) is 30.0 Å². The Morgan fingerprint density at radius 2 is 2.24 bits per heavy atom. The van der Waals surface area contributed by atoms with Crippen molar-refractivity contribution in [3.63, 3.8) is 0 Å². The number of nitriles is 1. The molecule has 5 nitrogen and oxygen atoms in total. The Kier molecular flexibility index (Phi) is 3.06. The largest absolute Gasteiger partial charge is 0.476 e. The first-order chi connectivity index (χ1) is 8.24. The first-order valence-corrected chi connectivity index (χ1v) is 5.30. The highest BCUT2D eigenvalue weighted by Gasteiger charge is 2.15. The molecule has 0 radical (unpaired) electrons. The SMILES string of the molecule is N#CCCCn1nc(C(=O)O)c2ccccc21. The maximum absolute atomic E-state index is 11.0. The Morgan fingerprint density at radius 3 is 2.94 bits per heavy atom. The molecule has 0 aliphatic heterocycles. The number of rotatable bonds is 4. The van der Waals surface area contributed by atoms with E-state index in [0.29, 0.717) is 24.8 Å². The molecule has 0 amide bonds. The number of carboxylic acids is 1. The van der Waals surface area contributed by atoms with Crippen molar-refractivity contribution in [2.24, 2.45) is 0 Å². The van der Waals surface area contributed by atoms with Gasteiger partial charge in [-0.1, -0.05) is 18.2 Å². The van der Waals surface area contributed by atoms with Gasteiger partial charge in [0, 0.05) is 18.4 Å². The van der Waals surface area contributed by atoms with Crippen molar-refractivity contribution in [2.45, 2.75) is 19.4 Å². The van der Waals surface area contributed by atoms with Crippen LogP contribution in [-0.2, 0) is 6.54 Å². The third-order valence-corrected chi connectivity index (χ3v) is 2.52. The summed E-state index contributed by atoms with van der Waals surface area (Å²) >= 11 is 0. The molecule has 0 bridgehead atoms. The summed E-state index contributed by atoms with van der Waals surface area (Å²) < 4.78 is 1.65. The minimum atomic E-state index is -1.03. The average molecular weight is 229 g/mol. The number of aromatic carboxylic acids is 1. The molecular formula is C12H11N3O2. The van der Waals surface area contributed by atoms with Gasteiger partial charge in [-0.05, 0) is 12.5 Å². The molecule has 1 aromatic heterocycles. The zero-order valence-electron chi connectivity index (χ0n) is 9.13. The second-order valence-electron chi connectivity index (χ2n) is 3.66. The fourth-order valence-corrected chi connectivity index (χ4v) is 1.76. The average Bonchev–Trinajstić information content (AvgIpc) is 2.69. The van der Waals surface area contributed by atoms with E-state index < -0.39 is 5.97 Å². The summed E-state index contributed by atoms with van der Waals surface area (Å²) in [7, 11) is 0. The molecule has 0 saturated heterocycles. The normalized spacial score (nSPS) is 10.3. The monoisotopic (exact) mass is 229 g/mol. The summed E-state index contributed by atoms with van der Waals surface area (Å²) in [5, 5.41) is 22.2. The lowest BCUT2D eigenvalue weighted by atomic mass is 10.2. The molecule has 0 saturated carbocycles. The van der Waals surface area contributed by atoms with E-state index in [1.165, 1.54) is 0 Å². The lowest BCUT2D eigenvalue weighted by Gasteiger charge is -1.99. The first-order valence-electron chi connectivity index (χ1n) is 5.30. The predicted molar refractivity (Wildman–Crippen MR) is 61.5 cm³/mol. The van der Waals surface area contributed by atoms with Gasteiger partial charge in [-0.3, -0.25) is 4.68 Å². The van der Waals surface area contributed by atoms with E-state index in [9.17, 15) is 4.79 Å². The van der Waals surface area contributed by atoms with Gasteiger partial charge < -0.3 is 5.11 Å². The molecule has 5 heteroatoms. The van der Waals surface area contributed by atoms with Gasteiger partial charge in [-0.2, -0.15) is 10.4 Å². The maximum Gasteiger partial charge on any atom is 0.357 e. The van der Waals surface area contributed by atoms with Crippen LogP contribution in [-0.4, -0.2) is 20.9 Å². The van der Waals surface area contributed by atoms with E-state index in [-0.39, 0.29) is 5.69 Å². The van der Waals surface area contributed by atoms with Gasteiger partial charge >= 0.3 is 5.97 Å². The van der Waals surface area contributed by atoms with Crippen LogP contribution in [0, 0.1) is 11.3 Å². The van der Waals surface area contributed by atoms with Crippen molar-refractivity contribution in [1.29, 1.82) is 5.26 Å². The zero-order valence-corrected chi connectivity index (χ0v) is 9.13. The molecule has 0 atom stereocenters. The molecule has 1 heterocycles. The Bertz CT molecular complexity index is 595. The topological polar surface area (TPSA) is 78.9 Å². The van der Waals surface area contributed by atoms with Gasteiger partial charge in [0.15, 0.2) is 5.69 Å². The van der Waals surface area contributed by atoms with Crippen molar-refractivity contribution >= 4 is 16.9 Å². The van der Waals surface area contributed by atoms with E-state index in [1.807, 2.05) is 12.1 Å². The van der Waals surface area contributed by atoms with Gasteiger partial charge in [0.2, 0.25) is 0 Å². The fraction of sp³-hybridized carbons (Fsp3) is 0.250. The van der Waals surface area contributed by atoms with E-state index in [4.69, 9.17) is 10.4 Å². The third kappa shape index (κ3) is 2.11. The molecule has 0 unspecified atom stereocenters. The highest BCUT2D eigenvalue weighted by atomic mass is 16.4. The van der Waals surface area contributed by atoms with E-state index in [1.54, 1.807) is 16.8 Å². The zero-order chi connectivity index (χ0) is 12.3. The van der Waals surface area contributed by atoms with Crippen LogP contribution in [0.3, 0.4) is 0 Å². The number of hydrogen-bond acceptors (Lipinski definition) is 3. The number of aromatic nitrogens is 2. The smallest absolute Gasteiger partial charge is 0.357 e. The lowest BCUT2D eigenvalue weighted by Crippen LogP contribution is -2.03. The Balaban J connectivity index is 2.42. The molecule has 17 heavy (non-hydrogen) atoms. The minimum absolute atomic E-state index is 0.0672. The van der Waals surface area contributed by atoms with Gasteiger partial charge in [0.25, 0.3) is 0 Å². The Labute approximate surface area is 97.9 Å². The first kappa shape index (κ1) is 11.1. The molecule has 0 aliphatic carbocycles. The fourth-order valence-electron chi connectivity index (χ4n) is 1.76. The van der Waals surface area contributed by atoms with Crippen LogP contribution in [0.2, 0.25) is 0 Å². The van der Waals surface area contributed by atoms with Gasteiger partial charge in [0.05, 0.1) is 11.6 Å². The highest BCUT2D eigenvalue weighted by molar-refractivity contribution is 6.01. The number of carbonyl (C=O) groups is 1. The van der Waals surface area contributed by atoms with Crippen LogP contribution in [0.5, 0.6) is 0 Å². The second-order valence-corrected chi connectivity index (χ2v) is 3.66. The Hall–Kier alpha value is -2.35. The number of nitrogens with zero attached hydrogens (tertiary/aromatic N) is 3. The van der Waals surface area contributed by atoms with Crippen molar-refractivity contribution in [3.8, 4) is 6.07 Å². The van der Waals surface area contributed by atoms with Crippen LogP contribution in [0.4, 0.5) is 0 Å². The molecule has 0 aliphatic rings. The Morgan fingerprint density at radius 1 is 1.47 bits per heavy atom. The molecule has 1 aromatic carbocycles. The number of fused-ring (bicyclic) bond motifs is 1. The van der Waals surface area contributed by atoms with Crippen LogP contribution in [0.1, 0.15) is 23.3 Å². The molecular weight excluding hydrogens is 218 g/mol. The van der Waals surface area contributed by atoms with Gasteiger partial charge in [0.1, 0.15) is 0 Å². The number of para-hydroxylation sites is 1. The molecule has 1 N–H and O–H groups in total. The summed E-state index contributed by atoms with van der Waals surface area (Å²) in [5.41, 5.74) is 0.861. The van der Waals surface area contributed by atoms with E-state index in [2.05, 4.69) is 11.2 Å². The van der Waals surface area contributed by atoms with Crippen molar-refractivity contribution in [2.75, 3.05) is 0 Å². The summed E-state index contributed by atoms with van der Waals surface area (Å²) in [4.78, 5) is 11.0. The molecule has 2 rings (SSSR count). The lowest BCUT2D eigenvalue weighted by molar-refractivity contribution is 0.0691. The summed E-state index contributed by atoms with van der Waals surface area (Å²) in [5.74, 6) is -1.03. The quantitative estimate of drug-likeness (QED) is 0.813. The van der Waals surface area contributed by atoms with Crippen LogP contribution < -0.4 is 0 Å². The van der Waals surface area contributed by atoms with Crippen molar-refractivity contribution in [1.82, 2.24) is 9.78 Å². The number of benzene rings is 1. The van der Waals surface area contributed by atoms with Crippen LogP contribution in [0.25, 0.3) is 10.9 Å². The standard InChI is InChI=1S/C12H11N3O2/c13-7-3-4-8-15-10-6-2-1-5-9(10)11(14-15)12(16)17/h1-2,5-6H,3-4,8H2,(H,16,17). The van der Waals surface area contributed by atoms with Crippen LogP contribution >= 0.6 is 0 Å². The minimum Gasteiger partial charge on any atom is -0.476 e. The van der Waals surface area contributed by atoms with Crippen molar-refractivity contribution < 1.29 is 9.90 Å². The second kappa shape index (κ2) is 4.66. The summed E-state index contributed by atoms with van der Waals surface area (Å²) in [6, 6.07) is 9.27. The molecule has 86 valence electrons. The van der Waals surface area contributed by atoms with E-state index in [0.717, 1.165) is 5.52 Å². The molecule has 2 aromatic rings. The summed E-state index contributed by atoms with van der Waals surface area (Å²) in [6.07, 6.45) is 1.11. The van der Waals surface area contributed by atoms with E-state index >= 15 is 0 Å². The van der Waals surface area contributed by atoms with Gasteiger partial charge in [-0.15, -0.1) is 0 Å². The number of carboxylic acid groups (broad SMARTS) is 1. The highest BCUT2D eigenvalue weighted by Crippen LogP contribution is 2.18. The number of hydrogen-bond donors (Lipinski definition) is 1. The molecule has 0 fully saturated rings. The van der Waals surface area contributed by atoms with Crippen LogP contribution in [0.15, 0.2) is 24.3 Å².